The summed E-state index contributed by atoms with van der Waals surface area (Å²) in [7, 11) is 0. The molecule has 21 heavy (non-hydrogen) atoms. The first kappa shape index (κ1) is 14.3. The van der Waals surface area contributed by atoms with Gasteiger partial charge in [-0.25, -0.2) is 0 Å². The Labute approximate surface area is 125 Å². The molecule has 0 atom stereocenters. The first-order valence-corrected chi connectivity index (χ1v) is 7.91. The van der Waals surface area contributed by atoms with Gasteiger partial charge in [-0.15, -0.1) is 0 Å². The van der Waals surface area contributed by atoms with Gasteiger partial charge in [-0.1, -0.05) is 68.1 Å². The average molecular weight is 282 g/mol. The Hall–Kier alpha value is -1.67. The van der Waals surface area contributed by atoms with Gasteiger partial charge < -0.3 is 5.11 Å². The third-order valence-electron chi connectivity index (χ3n) is 4.68. The summed E-state index contributed by atoms with van der Waals surface area (Å²) in [5.41, 5.74) is -0.0799. The van der Waals surface area contributed by atoms with Gasteiger partial charge in [0.2, 0.25) is 0 Å². The Balaban J connectivity index is 1.86. The fourth-order valence-electron chi connectivity index (χ4n) is 3.38. The van der Waals surface area contributed by atoms with Crippen LogP contribution in [-0.4, -0.2) is 16.5 Å². The highest BCUT2D eigenvalue weighted by molar-refractivity contribution is 5.94. The number of fused-ring (bicyclic) bond motifs is 1. The fourth-order valence-corrected chi connectivity index (χ4v) is 3.38. The molecule has 0 aliphatic heterocycles. The Bertz CT molecular complexity index is 632. The van der Waals surface area contributed by atoms with Crippen molar-refractivity contribution in [1.29, 1.82) is 0 Å². The second-order valence-electron chi connectivity index (χ2n) is 6.18. The van der Waals surface area contributed by atoms with Crippen LogP contribution in [0.25, 0.3) is 10.8 Å². The molecule has 0 radical (unpaired) electrons. The standard InChI is InChI=1S/C19H22O2/c20-18(19(21)12-5-1-2-6-13-19)14-16-10-7-9-15-8-3-4-11-17(15)16/h3-4,7-11,21H,1-2,5-6,12-14H2. The van der Waals surface area contributed by atoms with Crippen molar-refractivity contribution in [1.82, 2.24) is 0 Å². The van der Waals surface area contributed by atoms with E-state index in [1.165, 1.54) is 0 Å². The second-order valence-corrected chi connectivity index (χ2v) is 6.18. The van der Waals surface area contributed by atoms with Gasteiger partial charge in [-0.3, -0.25) is 4.79 Å². The van der Waals surface area contributed by atoms with Gasteiger partial charge >= 0.3 is 0 Å². The molecule has 0 heterocycles. The van der Waals surface area contributed by atoms with E-state index in [9.17, 15) is 9.90 Å². The van der Waals surface area contributed by atoms with Crippen LogP contribution in [0, 0.1) is 0 Å². The largest absolute Gasteiger partial charge is 0.382 e. The molecule has 1 aliphatic carbocycles. The van der Waals surface area contributed by atoms with Crippen LogP contribution in [0.1, 0.15) is 44.1 Å². The lowest BCUT2D eigenvalue weighted by Gasteiger charge is -2.25. The molecule has 0 amide bonds. The van der Waals surface area contributed by atoms with E-state index in [1.54, 1.807) is 0 Å². The molecule has 1 aliphatic rings. The van der Waals surface area contributed by atoms with Crippen molar-refractivity contribution in [3.05, 3.63) is 48.0 Å². The van der Waals surface area contributed by atoms with Crippen LogP contribution in [0.4, 0.5) is 0 Å². The zero-order valence-electron chi connectivity index (χ0n) is 12.3. The van der Waals surface area contributed by atoms with Gasteiger partial charge in [0, 0.05) is 6.42 Å². The van der Waals surface area contributed by atoms with Crippen LogP contribution in [0.2, 0.25) is 0 Å². The van der Waals surface area contributed by atoms with Gasteiger partial charge in [-0.2, -0.15) is 0 Å². The summed E-state index contributed by atoms with van der Waals surface area (Å²) >= 11 is 0. The minimum Gasteiger partial charge on any atom is -0.382 e. The van der Waals surface area contributed by atoms with E-state index >= 15 is 0 Å². The molecule has 110 valence electrons. The number of ketones is 1. The maximum Gasteiger partial charge on any atom is 0.168 e. The van der Waals surface area contributed by atoms with E-state index in [2.05, 4.69) is 18.2 Å². The topological polar surface area (TPSA) is 37.3 Å². The number of benzene rings is 2. The molecule has 0 bridgehead atoms. The number of aliphatic hydroxyl groups is 1. The van der Waals surface area contributed by atoms with Crippen LogP contribution in [-0.2, 0) is 11.2 Å². The van der Waals surface area contributed by atoms with Crippen molar-refractivity contribution >= 4 is 16.6 Å². The van der Waals surface area contributed by atoms with Gasteiger partial charge in [0.15, 0.2) is 5.78 Å². The average Bonchev–Trinajstić information content (AvgIpc) is 2.73. The van der Waals surface area contributed by atoms with Crippen LogP contribution in [0.5, 0.6) is 0 Å². The number of carbonyl (C=O) groups is 1. The predicted molar refractivity (Wildman–Crippen MR) is 85.3 cm³/mol. The lowest BCUT2D eigenvalue weighted by atomic mass is 9.86. The first-order chi connectivity index (χ1) is 10.2. The molecule has 2 aromatic carbocycles. The molecule has 2 heteroatoms. The zero-order chi connectivity index (χ0) is 14.7. The summed E-state index contributed by atoms with van der Waals surface area (Å²) in [5.74, 6) is -0.0132. The number of carbonyl (C=O) groups excluding carboxylic acids is 1. The maximum absolute atomic E-state index is 12.6. The molecule has 0 spiro atoms. The van der Waals surface area contributed by atoms with Gasteiger partial charge in [-0.05, 0) is 29.2 Å². The minimum atomic E-state index is -1.10. The molecule has 1 saturated carbocycles. The Morgan fingerprint density at radius 2 is 1.62 bits per heavy atom. The Morgan fingerprint density at radius 3 is 2.38 bits per heavy atom. The number of Topliss-reactive ketones (excluding diaryl/α,β-unsaturated/α-hetero) is 1. The van der Waals surface area contributed by atoms with E-state index in [4.69, 9.17) is 0 Å². The van der Waals surface area contributed by atoms with E-state index in [0.29, 0.717) is 19.3 Å². The van der Waals surface area contributed by atoms with Crippen molar-refractivity contribution in [3.63, 3.8) is 0 Å². The van der Waals surface area contributed by atoms with Crippen molar-refractivity contribution in [2.24, 2.45) is 0 Å². The third kappa shape index (κ3) is 3.01. The highest BCUT2D eigenvalue weighted by atomic mass is 16.3. The minimum absolute atomic E-state index is 0.0132. The maximum atomic E-state index is 12.6. The van der Waals surface area contributed by atoms with Crippen molar-refractivity contribution in [2.75, 3.05) is 0 Å². The predicted octanol–water partition coefficient (Wildman–Crippen LogP) is 4.04. The van der Waals surface area contributed by atoms with Crippen LogP contribution in [0.3, 0.4) is 0 Å². The molecule has 2 nitrogen and oxygen atoms in total. The lowest BCUT2D eigenvalue weighted by molar-refractivity contribution is -0.138. The molecule has 0 saturated heterocycles. The highest BCUT2D eigenvalue weighted by Crippen LogP contribution is 2.30. The normalized spacial score (nSPS) is 18.3. The Morgan fingerprint density at radius 1 is 0.952 bits per heavy atom. The summed E-state index contributed by atoms with van der Waals surface area (Å²) in [6, 6.07) is 14.2. The molecular weight excluding hydrogens is 260 g/mol. The quantitative estimate of drug-likeness (QED) is 0.863. The molecule has 1 N–H and O–H groups in total. The lowest BCUT2D eigenvalue weighted by Crippen LogP contribution is -2.39. The zero-order valence-corrected chi connectivity index (χ0v) is 12.3. The number of hydrogen-bond donors (Lipinski definition) is 1. The van der Waals surface area contributed by atoms with E-state index < -0.39 is 5.60 Å². The summed E-state index contributed by atoms with van der Waals surface area (Å²) in [5, 5.41) is 13.0. The number of hydrogen-bond acceptors (Lipinski definition) is 2. The highest BCUT2D eigenvalue weighted by Gasteiger charge is 2.35. The smallest absolute Gasteiger partial charge is 0.168 e. The van der Waals surface area contributed by atoms with Crippen molar-refractivity contribution in [3.8, 4) is 0 Å². The number of rotatable bonds is 3. The third-order valence-corrected chi connectivity index (χ3v) is 4.68. The molecular formula is C19H22O2. The summed E-state index contributed by atoms with van der Waals surface area (Å²) < 4.78 is 0. The van der Waals surface area contributed by atoms with Gasteiger partial charge in [0.1, 0.15) is 5.60 Å². The second kappa shape index (κ2) is 5.98. The fraction of sp³-hybridized carbons (Fsp3) is 0.421. The monoisotopic (exact) mass is 282 g/mol. The van der Waals surface area contributed by atoms with Crippen LogP contribution >= 0.6 is 0 Å². The Kier molecular flexibility index (Phi) is 4.07. The van der Waals surface area contributed by atoms with E-state index in [-0.39, 0.29) is 5.78 Å². The van der Waals surface area contributed by atoms with E-state index in [1.807, 2.05) is 24.3 Å². The molecule has 0 unspecified atom stereocenters. The summed E-state index contributed by atoms with van der Waals surface area (Å²) in [6.07, 6.45) is 5.74. The van der Waals surface area contributed by atoms with E-state index in [0.717, 1.165) is 42.0 Å². The van der Waals surface area contributed by atoms with Crippen molar-refractivity contribution < 1.29 is 9.90 Å². The summed E-state index contributed by atoms with van der Waals surface area (Å²) in [4.78, 5) is 12.6. The van der Waals surface area contributed by atoms with Gasteiger partial charge in [0.05, 0.1) is 0 Å². The molecule has 0 aromatic heterocycles. The summed E-state index contributed by atoms with van der Waals surface area (Å²) in [6.45, 7) is 0. The molecule has 3 rings (SSSR count). The first-order valence-electron chi connectivity index (χ1n) is 7.91. The van der Waals surface area contributed by atoms with Gasteiger partial charge in [0.25, 0.3) is 0 Å². The molecule has 1 fully saturated rings. The van der Waals surface area contributed by atoms with Crippen LogP contribution < -0.4 is 0 Å². The van der Waals surface area contributed by atoms with Crippen molar-refractivity contribution in [2.45, 2.75) is 50.5 Å². The SMILES string of the molecule is O=C(Cc1cccc2ccccc12)C1(O)CCCCCC1. The molecule has 2 aromatic rings. The van der Waals surface area contributed by atoms with Crippen LogP contribution in [0.15, 0.2) is 42.5 Å².